The van der Waals surface area contributed by atoms with Crippen molar-refractivity contribution in [2.75, 3.05) is 0 Å². The molecule has 54 heavy (non-hydrogen) atoms. The normalized spacial score (nSPS) is 21.1. The van der Waals surface area contributed by atoms with Gasteiger partial charge in [-0.1, -0.05) is 140 Å². The van der Waals surface area contributed by atoms with Gasteiger partial charge in [0, 0.05) is 22.3 Å². The minimum absolute atomic E-state index is 0.323. The highest BCUT2D eigenvalue weighted by Gasteiger charge is 2.51. The SMILES string of the molecule is N#Cc1cc(-c2nc(-c3ccccc3)nc(-c3ccccc3-c3ccccc3)n2)cc(-c2ccccc2)c1-c1ccc(C23C[C@H]4C[C@@H](C2)C[C@@H](C3)C4)cc1. The molecule has 6 aromatic carbocycles. The third-order valence-corrected chi connectivity index (χ3v) is 12.3. The Morgan fingerprint density at radius 1 is 0.444 bits per heavy atom. The summed E-state index contributed by atoms with van der Waals surface area (Å²) in [4.78, 5) is 15.3. The molecule has 4 heteroatoms. The summed E-state index contributed by atoms with van der Waals surface area (Å²) in [6.45, 7) is 0. The molecule has 0 radical (unpaired) electrons. The van der Waals surface area contributed by atoms with Gasteiger partial charge < -0.3 is 0 Å². The molecule has 7 aromatic rings. The van der Waals surface area contributed by atoms with Gasteiger partial charge in [-0.05, 0) is 107 Å². The number of aromatic nitrogens is 3. The van der Waals surface area contributed by atoms with E-state index >= 15 is 0 Å². The molecule has 4 aliphatic rings. The molecule has 4 fully saturated rings. The third-order valence-electron chi connectivity index (χ3n) is 12.3. The Hall–Kier alpha value is -6.18. The average Bonchev–Trinajstić information content (AvgIpc) is 3.23. The van der Waals surface area contributed by atoms with Gasteiger partial charge >= 0.3 is 0 Å². The minimum Gasteiger partial charge on any atom is -0.208 e. The first-order valence-corrected chi connectivity index (χ1v) is 19.3. The quantitative estimate of drug-likeness (QED) is 0.166. The summed E-state index contributed by atoms with van der Waals surface area (Å²) < 4.78 is 0. The van der Waals surface area contributed by atoms with E-state index in [0.717, 1.165) is 67.8 Å². The summed E-state index contributed by atoms with van der Waals surface area (Å²) in [5.41, 5.74) is 11.2. The average molecular weight is 697 g/mol. The fourth-order valence-electron chi connectivity index (χ4n) is 10.4. The van der Waals surface area contributed by atoms with Gasteiger partial charge in [0.05, 0.1) is 11.6 Å². The second kappa shape index (κ2) is 13.3. The maximum absolute atomic E-state index is 10.9. The van der Waals surface area contributed by atoms with Gasteiger partial charge in [0.25, 0.3) is 0 Å². The number of benzene rings is 6. The first kappa shape index (κ1) is 32.5. The third kappa shape index (κ3) is 5.81. The van der Waals surface area contributed by atoms with Crippen LogP contribution >= 0.6 is 0 Å². The smallest absolute Gasteiger partial charge is 0.164 e. The number of hydrogen-bond acceptors (Lipinski definition) is 4. The van der Waals surface area contributed by atoms with Crippen LogP contribution in [0.2, 0.25) is 0 Å². The van der Waals surface area contributed by atoms with Gasteiger partial charge in [-0.15, -0.1) is 0 Å². The van der Waals surface area contributed by atoms with Crippen LogP contribution in [0.25, 0.3) is 67.5 Å². The highest BCUT2D eigenvalue weighted by Crippen LogP contribution is 2.60. The van der Waals surface area contributed by atoms with E-state index in [-0.39, 0.29) is 0 Å². The number of nitrogens with zero attached hydrogens (tertiary/aromatic N) is 4. The van der Waals surface area contributed by atoms with E-state index in [1.165, 1.54) is 44.1 Å². The van der Waals surface area contributed by atoms with Gasteiger partial charge in [0.2, 0.25) is 0 Å². The Bertz CT molecular complexity index is 2480. The van der Waals surface area contributed by atoms with Crippen LogP contribution in [0.3, 0.4) is 0 Å². The van der Waals surface area contributed by atoms with E-state index in [2.05, 4.69) is 84.9 Å². The summed E-state index contributed by atoms with van der Waals surface area (Å²) in [5.74, 6) is 4.37. The summed E-state index contributed by atoms with van der Waals surface area (Å²) in [6, 6.07) is 55.1. The van der Waals surface area contributed by atoms with Crippen molar-refractivity contribution in [1.82, 2.24) is 15.0 Å². The van der Waals surface area contributed by atoms with E-state index in [4.69, 9.17) is 15.0 Å². The number of nitriles is 1. The van der Waals surface area contributed by atoms with Gasteiger partial charge in [0.15, 0.2) is 17.5 Å². The summed E-state index contributed by atoms with van der Waals surface area (Å²) >= 11 is 0. The van der Waals surface area contributed by atoms with Crippen molar-refractivity contribution in [3.05, 3.63) is 163 Å². The van der Waals surface area contributed by atoms with Crippen LogP contribution < -0.4 is 0 Å². The van der Waals surface area contributed by atoms with Crippen LogP contribution in [-0.2, 0) is 5.41 Å². The molecule has 0 N–H and O–H groups in total. The Labute approximate surface area is 317 Å². The molecule has 4 nitrogen and oxygen atoms in total. The van der Waals surface area contributed by atoms with Gasteiger partial charge in [-0.2, -0.15) is 5.26 Å². The lowest BCUT2D eigenvalue weighted by atomic mass is 9.48. The van der Waals surface area contributed by atoms with E-state index in [1.54, 1.807) is 0 Å². The van der Waals surface area contributed by atoms with Crippen LogP contribution in [0.1, 0.15) is 49.7 Å². The van der Waals surface area contributed by atoms with Crippen molar-refractivity contribution in [3.8, 4) is 73.6 Å². The molecule has 0 atom stereocenters. The molecule has 4 saturated carbocycles. The number of hydrogen-bond donors (Lipinski definition) is 0. The molecule has 4 aliphatic carbocycles. The van der Waals surface area contributed by atoms with Crippen LogP contribution in [0, 0.1) is 29.1 Å². The Morgan fingerprint density at radius 2 is 0.926 bits per heavy atom. The van der Waals surface area contributed by atoms with Crippen LogP contribution in [-0.4, -0.2) is 15.0 Å². The number of rotatable bonds is 7. The predicted molar refractivity (Wildman–Crippen MR) is 217 cm³/mol. The zero-order chi connectivity index (χ0) is 36.1. The van der Waals surface area contributed by atoms with Crippen molar-refractivity contribution in [2.45, 2.75) is 43.9 Å². The largest absolute Gasteiger partial charge is 0.208 e. The van der Waals surface area contributed by atoms with Crippen molar-refractivity contribution in [3.63, 3.8) is 0 Å². The lowest BCUT2D eigenvalue weighted by molar-refractivity contribution is -0.00518. The van der Waals surface area contributed by atoms with Gasteiger partial charge in [-0.25, -0.2) is 15.0 Å². The molecule has 11 rings (SSSR count). The van der Waals surface area contributed by atoms with E-state index in [1.807, 2.05) is 72.8 Å². The molecule has 0 amide bonds. The van der Waals surface area contributed by atoms with Crippen LogP contribution in [0.5, 0.6) is 0 Å². The van der Waals surface area contributed by atoms with Gasteiger partial charge in [0.1, 0.15) is 0 Å². The van der Waals surface area contributed by atoms with E-state index < -0.39 is 0 Å². The fraction of sp³-hybridized carbons (Fsp3) is 0.200. The molecule has 0 aliphatic heterocycles. The van der Waals surface area contributed by atoms with E-state index in [0.29, 0.717) is 28.5 Å². The topological polar surface area (TPSA) is 62.5 Å². The molecule has 1 heterocycles. The molecule has 0 spiro atoms. The molecular weight excluding hydrogens is 657 g/mol. The van der Waals surface area contributed by atoms with Gasteiger partial charge in [-0.3, -0.25) is 0 Å². The summed E-state index contributed by atoms with van der Waals surface area (Å²) in [6.07, 6.45) is 8.31. The summed E-state index contributed by atoms with van der Waals surface area (Å²) in [7, 11) is 0. The van der Waals surface area contributed by atoms with Crippen molar-refractivity contribution in [2.24, 2.45) is 17.8 Å². The van der Waals surface area contributed by atoms with E-state index in [9.17, 15) is 5.26 Å². The highest BCUT2D eigenvalue weighted by atomic mass is 15.0. The molecule has 260 valence electrons. The van der Waals surface area contributed by atoms with Crippen molar-refractivity contribution in [1.29, 1.82) is 5.26 Å². The predicted octanol–water partition coefficient (Wildman–Crippen LogP) is 12.2. The minimum atomic E-state index is 0.323. The molecular formula is C50H40N4. The lowest BCUT2D eigenvalue weighted by Crippen LogP contribution is -2.48. The Morgan fingerprint density at radius 3 is 1.50 bits per heavy atom. The summed E-state index contributed by atoms with van der Waals surface area (Å²) in [5, 5.41) is 10.9. The monoisotopic (exact) mass is 696 g/mol. The van der Waals surface area contributed by atoms with Crippen molar-refractivity contribution >= 4 is 0 Å². The molecule has 0 unspecified atom stereocenters. The molecule has 0 saturated heterocycles. The Balaban J connectivity index is 1.13. The highest BCUT2D eigenvalue weighted by molar-refractivity contribution is 5.91. The van der Waals surface area contributed by atoms with Crippen molar-refractivity contribution < 1.29 is 0 Å². The second-order valence-corrected chi connectivity index (χ2v) is 15.8. The maximum atomic E-state index is 10.9. The first-order valence-electron chi connectivity index (χ1n) is 19.3. The first-order chi connectivity index (χ1) is 26.6. The maximum Gasteiger partial charge on any atom is 0.164 e. The second-order valence-electron chi connectivity index (χ2n) is 15.8. The zero-order valence-electron chi connectivity index (χ0n) is 30.2. The Kier molecular flexibility index (Phi) is 8.02. The van der Waals surface area contributed by atoms with Crippen LogP contribution in [0.15, 0.2) is 152 Å². The zero-order valence-corrected chi connectivity index (χ0v) is 30.2. The molecule has 4 bridgehead atoms. The molecule has 1 aromatic heterocycles. The van der Waals surface area contributed by atoms with Crippen LogP contribution in [0.4, 0.5) is 0 Å². The standard InChI is InChI=1S/C50H40N4/c51-32-41-27-40(48-52-47(39-16-8-3-9-17-39)53-49(54-48)44-19-11-10-18-43(44)36-12-4-1-5-13-36)28-45(37-14-6-2-7-15-37)46(41)38-20-22-42(23-21-38)50-29-33-24-34(30-50)26-35(25-33)31-50/h1-23,27-28,33-35H,24-26,29-31H2/t33-,34+,35-,50?. The lowest BCUT2D eigenvalue weighted by Gasteiger charge is -2.57. The fourth-order valence-corrected chi connectivity index (χ4v) is 10.4.